The van der Waals surface area contributed by atoms with Crippen molar-refractivity contribution >= 4 is 11.9 Å². The molecular weight excluding hydrogens is 256 g/mol. The molecule has 1 amide bonds. The molecule has 2 rings (SSSR count). The largest absolute Gasteiger partial charge is 0.481 e. The monoisotopic (exact) mass is 276 g/mol. The van der Waals surface area contributed by atoms with Crippen LogP contribution in [0.5, 0.6) is 0 Å². The van der Waals surface area contributed by atoms with Crippen LogP contribution in [0.1, 0.15) is 34.8 Å². The van der Waals surface area contributed by atoms with Crippen molar-refractivity contribution < 1.29 is 14.7 Å². The minimum Gasteiger partial charge on any atom is -0.481 e. The minimum atomic E-state index is -0.879. The number of hydrogen-bond donors (Lipinski definition) is 2. The van der Waals surface area contributed by atoms with Gasteiger partial charge in [-0.25, -0.2) is 0 Å². The molecule has 20 heavy (non-hydrogen) atoms. The summed E-state index contributed by atoms with van der Waals surface area (Å²) < 4.78 is 0. The number of carboxylic acid groups (broad SMARTS) is 1. The normalized spacial score (nSPS) is 13.7. The molecule has 0 spiro atoms. The predicted molar refractivity (Wildman–Crippen MR) is 75.7 cm³/mol. The fourth-order valence-corrected chi connectivity index (χ4v) is 2.54. The van der Waals surface area contributed by atoms with Crippen LogP contribution >= 0.6 is 0 Å². The average Bonchev–Trinajstić information content (AvgIpc) is 2.46. The second-order valence-corrected chi connectivity index (χ2v) is 4.90. The van der Waals surface area contributed by atoms with Crippen molar-refractivity contribution in [1.82, 2.24) is 10.2 Å². The Balaban J connectivity index is 2.21. The van der Waals surface area contributed by atoms with Gasteiger partial charge in [0.2, 0.25) is 0 Å². The second-order valence-electron chi connectivity index (χ2n) is 4.90. The van der Waals surface area contributed by atoms with Crippen molar-refractivity contribution in [3.8, 4) is 0 Å². The SMILES string of the molecule is CCN(CCC(=O)O)C(=O)c1cccc2c1CCNC2. The molecule has 2 N–H and O–H groups in total. The minimum absolute atomic E-state index is 0.0177. The number of nitrogens with zero attached hydrogens (tertiary/aromatic N) is 1. The van der Waals surface area contributed by atoms with Crippen molar-refractivity contribution in [2.75, 3.05) is 19.6 Å². The van der Waals surface area contributed by atoms with Crippen molar-refractivity contribution in [2.45, 2.75) is 26.3 Å². The van der Waals surface area contributed by atoms with E-state index in [0.717, 1.165) is 36.2 Å². The number of aliphatic carboxylic acids is 1. The maximum absolute atomic E-state index is 12.6. The number of nitrogens with one attached hydrogen (secondary N) is 1. The van der Waals surface area contributed by atoms with Crippen LogP contribution in [0.4, 0.5) is 0 Å². The number of hydrogen-bond acceptors (Lipinski definition) is 3. The predicted octanol–water partition coefficient (Wildman–Crippen LogP) is 1.27. The molecule has 5 heteroatoms. The molecule has 0 radical (unpaired) electrons. The van der Waals surface area contributed by atoms with Crippen LogP contribution in [0.15, 0.2) is 18.2 Å². The Morgan fingerprint density at radius 2 is 2.20 bits per heavy atom. The molecule has 0 aromatic heterocycles. The van der Waals surface area contributed by atoms with Gasteiger partial charge >= 0.3 is 5.97 Å². The van der Waals surface area contributed by atoms with Gasteiger partial charge in [-0.05, 0) is 37.1 Å². The van der Waals surface area contributed by atoms with E-state index in [0.29, 0.717) is 6.54 Å². The van der Waals surface area contributed by atoms with E-state index in [9.17, 15) is 9.59 Å². The maximum atomic E-state index is 12.6. The lowest BCUT2D eigenvalue weighted by Crippen LogP contribution is -2.35. The van der Waals surface area contributed by atoms with Crippen molar-refractivity contribution in [1.29, 1.82) is 0 Å². The van der Waals surface area contributed by atoms with Crippen molar-refractivity contribution in [3.63, 3.8) is 0 Å². The van der Waals surface area contributed by atoms with Crippen LogP contribution in [0.25, 0.3) is 0 Å². The summed E-state index contributed by atoms with van der Waals surface area (Å²) in [5, 5.41) is 12.0. The Kier molecular flexibility index (Phi) is 4.74. The Hall–Kier alpha value is -1.88. The lowest BCUT2D eigenvalue weighted by Gasteiger charge is -2.24. The van der Waals surface area contributed by atoms with E-state index in [-0.39, 0.29) is 18.9 Å². The molecule has 108 valence electrons. The molecule has 0 fully saturated rings. The average molecular weight is 276 g/mol. The van der Waals surface area contributed by atoms with E-state index >= 15 is 0 Å². The molecule has 0 bridgehead atoms. The smallest absolute Gasteiger partial charge is 0.305 e. The molecule has 0 unspecified atom stereocenters. The van der Waals surface area contributed by atoms with Gasteiger partial charge in [-0.2, -0.15) is 0 Å². The number of carbonyl (C=O) groups excluding carboxylic acids is 1. The number of carbonyl (C=O) groups is 2. The quantitative estimate of drug-likeness (QED) is 0.849. The third kappa shape index (κ3) is 3.17. The lowest BCUT2D eigenvalue weighted by atomic mass is 9.94. The fraction of sp³-hybridized carbons (Fsp3) is 0.467. The van der Waals surface area contributed by atoms with Gasteiger partial charge in [0, 0.05) is 25.2 Å². The number of rotatable bonds is 5. The zero-order valence-electron chi connectivity index (χ0n) is 11.7. The molecule has 1 aromatic carbocycles. The summed E-state index contributed by atoms with van der Waals surface area (Å²) in [6.45, 7) is 4.31. The number of benzene rings is 1. The highest BCUT2D eigenvalue weighted by Gasteiger charge is 2.21. The molecule has 0 aliphatic carbocycles. The summed E-state index contributed by atoms with van der Waals surface area (Å²) in [5.41, 5.74) is 2.98. The first-order valence-corrected chi connectivity index (χ1v) is 6.96. The third-order valence-electron chi connectivity index (χ3n) is 3.64. The van der Waals surface area contributed by atoms with Gasteiger partial charge in [0.1, 0.15) is 0 Å². The van der Waals surface area contributed by atoms with Crippen LogP contribution in [0.3, 0.4) is 0 Å². The highest BCUT2D eigenvalue weighted by molar-refractivity contribution is 5.96. The Morgan fingerprint density at radius 3 is 2.90 bits per heavy atom. The summed E-state index contributed by atoms with van der Waals surface area (Å²) in [7, 11) is 0. The van der Waals surface area contributed by atoms with Crippen LogP contribution < -0.4 is 5.32 Å². The lowest BCUT2D eigenvalue weighted by molar-refractivity contribution is -0.137. The van der Waals surface area contributed by atoms with Gasteiger partial charge < -0.3 is 15.3 Å². The van der Waals surface area contributed by atoms with Crippen LogP contribution in [-0.2, 0) is 17.8 Å². The molecular formula is C15H20N2O3. The van der Waals surface area contributed by atoms with Gasteiger partial charge in [0.25, 0.3) is 5.91 Å². The third-order valence-corrected chi connectivity index (χ3v) is 3.64. The molecule has 1 aromatic rings. The Labute approximate surface area is 118 Å². The van der Waals surface area contributed by atoms with E-state index in [1.807, 2.05) is 25.1 Å². The standard InChI is InChI=1S/C15H20N2O3/c1-2-17(9-7-14(18)19)15(20)13-5-3-4-11-10-16-8-6-12(11)13/h3-5,16H,2,6-10H2,1H3,(H,18,19). The molecule has 1 aliphatic rings. The molecule has 0 saturated heterocycles. The Morgan fingerprint density at radius 1 is 1.40 bits per heavy atom. The van der Waals surface area contributed by atoms with E-state index < -0.39 is 5.97 Å². The molecule has 0 atom stereocenters. The number of fused-ring (bicyclic) bond motifs is 1. The molecule has 0 saturated carbocycles. The van der Waals surface area contributed by atoms with Crippen LogP contribution in [-0.4, -0.2) is 41.5 Å². The summed E-state index contributed by atoms with van der Waals surface area (Å²) in [6.07, 6.45) is 0.823. The first-order valence-electron chi connectivity index (χ1n) is 6.96. The molecule has 5 nitrogen and oxygen atoms in total. The first-order chi connectivity index (χ1) is 9.63. The zero-order valence-corrected chi connectivity index (χ0v) is 11.7. The molecule has 1 heterocycles. The number of amides is 1. The summed E-state index contributed by atoms with van der Waals surface area (Å²) in [6, 6.07) is 5.77. The van der Waals surface area contributed by atoms with Crippen molar-refractivity contribution in [3.05, 3.63) is 34.9 Å². The maximum Gasteiger partial charge on any atom is 0.305 e. The zero-order chi connectivity index (χ0) is 14.5. The van der Waals surface area contributed by atoms with Crippen LogP contribution in [0.2, 0.25) is 0 Å². The fourth-order valence-electron chi connectivity index (χ4n) is 2.54. The van der Waals surface area contributed by atoms with Crippen molar-refractivity contribution in [2.24, 2.45) is 0 Å². The topological polar surface area (TPSA) is 69.6 Å². The van der Waals surface area contributed by atoms with E-state index in [1.54, 1.807) is 4.90 Å². The Bertz CT molecular complexity index is 514. The van der Waals surface area contributed by atoms with E-state index in [1.165, 1.54) is 0 Å². The van der Waals surface area contributed by atoms with Gasteiger partial charge in [-0.15, -0.1) is 0 Å². The highest BCUT2D eigenvalue weighted by Crippen LogP contribution is 2.20. The van der Waals surface area contributed by atoms with Gasteiger partial charge in [0.05, 0.1) is 6.42 Å². The van der Waals surface area contributed by atoms with Crippen LogP contribution in [0, 0.1) is 0 Å². The van der Waals surface area contributed by atoms with E-state index in [2.05, 4.69) is 5.32 Å². The van der Waals surface area contributed by atoms with E-state index in [4.69, 9.17) is 5.11 Å². The summed E-state index contributed by atoms with van der Waals surface area (Å²) >= 11 is 0. The summed E-state index contributed by atoms with van der Waals surface area (Å²) in [4.78, 5) is 24.8. The summed E-state index contributed by atoms with van der Waals surface area (Å²) in [5.74, 6) is -0.942. The second kappa shape index (κ2) is 6.52. The number of carboxylic acids is 1. The highest BCUT2D eigenvalue weighted by atomic mass is 16.4. The van der Waals surface area contributed by atoms with Gasteiger partial charge in [-0.3, -0.25) is 9.59 Å². The first kappa shape index (κ1) is 14.5. The molecule has 1 aliphatic heterocycles. The van der Waals surface area contributed by atoms with Gasteiger partial charge in [-0.1, -0.05) is 12.1 Å². The van der Waals surface area contributed by atoms with Gasteiger partial charge in [0.15, 0.2) is 0 Å².